The van der Waals surface area contributed by atoms with Gasteiger partial charge in [-0.25, -0.2) is 0 Å². The molecule has 102 valence electrons. The molecule has 6 aliphatic rings. The van der Waals surface area contributed by atoms with Crippen molar-refractivity contribution in [3.63, 3.8) is 0 Å². The molecule has 0 amide bonds. The Labute approximate surface area is 119 Å². The molecular formula is C18H18O2. The first kappa shape index (κ1) is 12.9. The first-order valence-electron chi connectivity index (χ1n) is 7.11. The van der Waals surface area contributed by atoms with Crippen molar-refractivity contribution in [2.75, 3.05) is 0 Å². The largest absolute Gasteiger partial charge is 0.481 e. The summed E-state index contributed by atoms with van der Waals surface area (Å²) in [6.45, 7) is 0. The van der Waals surface area contributed by atoms with Crippen LogP contribution < -0.4 is 0 Å². The van der Waals surface area contributed by atoms with Gasteiger partial charge >= 0.3 is 5.97 Å². The van der Waals surface area contributed by atoms with Crippen LogP contribution >= 0.6 is 0 Å². The Morgan fingerprint density at radius 3 is 2.15 bits per heavy atom. The van der Waals surface area contributed by atoms with Crippen molar-refractivity contribution in [2.45, 2.75) is 32.1 Å². The van der Waals surface area contributed by atoms with Gasteiger partial charge in [0.05, 0.1) is 6.42 Å². The van der Waals surface area contributed by atoms with Gasteiger partial charge < -0.3 is 5.11 Å². The van der Waals surface area contributed by atoms with Gasteiger partial charge in [0, 0.05) is 0 Å². The van der Waals surface area contributed by atoms with Gasteiger partial charge in [-0.15, -0.1) is 0 Å². The summed E-state index contributed by atoms with van der Waals surface area (Å²) in [6.07, 6.45) is 19.2. The third kappa shape index (κ3) is 2.90. The Hall–Kier alpha value is -2.09. The van der Waals surface area contributed by atoms with Crippen LogP contribution in [-0.2, 0) is 4.79 Å². The topological polar surface area (TPSA) is 37.3 Å². The van der Waals surface area contributed by atoms with Crippen LogP contribution in [0.1, 0.15) is 32.1 Å². The Kier molecular flexibility index (Phi) is 3.55. The highest BCUT2D eigenvalue weighted by atomic mass is 16.4. The summed E-state index contributed by atoms with van der Waals surface area (Å²) in [7, 11) is 0. The third-order valence-electron chi connectivity index (χ3n) is 4.02. The molecule has 0 aromatic heterocycles. The maximum atomic E-state index is 11.0. The molecule has 0 saturated heterocycles. The number of aliphatic carboxylic acids is 1. The van der Waals surface area contributed by atoms with Crippen molar-refractivity contribution in [1.29, 1.82) is 0 Å². The molecule has 0 saturated carbocycles. The van der Waals surface area contributed by atoms with E-state index < -0.39 is 5.97 Å². The molecule has 0 unspecified atom stereocenters. The van der Waals surface area contributed by atoms with E-state index in [1.807, 2.05) is 0 Å². The summed E-state index contributed by atoms with van der Waals surface area (Å²) < 4.78 is 0. The third-order valence-corrected chi connectivity index (χ3v) is 4.02. The molecule has 6 aliphatic carbocycles. The highest BCUT2D eigenvalue weighted by molar-refractivity contribution is 5.72. The van der Waals surface area contributed by atoms with Crippen molar-refractivity contribution in [3.05, 3.63) is 70.4 Å². The van der Waals surface area contributed by atoms with Crippen molar-refractivity contribution in [1.82, 2.24) is 0 Å². The van der Waals surface area contributed by atoms with E-state index in [1.54, 1.807) is 0 Å². The number of carboxylic acids is 1. The first-order valence-corrected chi connectivity index (χ1v) is 7.11. The van der Waals surface area contributed by atoms with Crippen molar-refractivity contribution >= 4 is 5.97 Å². The zero-order valence-electron chi connectivity index (χ0n) is 11.4. The molecule has 20 heavy (non-hydrogen) atoms. The molecule has 0 aromatic rings. The molecular weight excluding hydrogens is 248 g/mol. The van der Waals surface area contributed by atoms with Crippen molar-refractivity contribution in [3.8, 4) is 0 Å². The zero-order valence-corrected chi connectivity index (χ0v) is 11.4. The smallest absolute Gasteiger partial charge is 0.307 e. The number of rotatable bonds is 2. The van der Waals surface area contributed by atoms with Crippen molar-refractivity contribution in [2.24, 2.45) is 0 Å². The summed E-state index contributed by atoms with van der Waals surface area (Å²) in [5.41, 5.74) is 6.01. The lowest BCUT2D eigenvalue weighted by Gasteiger charge is -2.18. The van der Waals surface area contributed by atoms with Crippen LogP contribution in [0, 0.1) is 0 Å². The van der Waals surface area contributed by atoms with E-state index in [0.29, 0.717) is 0 Å². The molecule has 0 fully saturated rings. The average Bonchev–Trinajstić information content (AvgIpc) is 2.42. The standard InChI is InChI=1S/C18H18O2/c19-18(20)12-17-11-15-6-5-13-1-3-14(4-2-13)7-9-16(17)10-8-15/h1,3,5-7,9,11H,2,4,8,10,12H2,(H,19,20). The van der Waals surface area contributed by atoms with Crippen LogP contribution in [0.25, 0.3) is 0 Å². The maximum absolute atomic E-state index is 11.0. The van der Waals surface area contributed by atoms with E-state index in [2.05, 4.69) is 42.5 Å². The number of hydrogen-bond donors (Lipinski definition) is 1. The van der Waals surface area contributed by atoms with Crippen LogP contribution in [0.2, 0.25) is 0 Å². The monoisotopic (exact) mass is 266 g/mol. The second-order valence-corrected chi connectivity index (χ2v) is 5.49. The van der Waals surface area contributed by atoms with Crippen LogP contribution in [0.4, 0.5) is 0 Å². The lowest BCUT2D eigenvalue weighted by Crippen LogP contribution is -2.04. The van der Waals surface area contributed by atoms with Gasteiger partial charge in [-0.05, 0) is 53.5 Å². The van der Waals surface area contributed by atoms with Crippen molar-refractivity contribution < 1.29 is 9.90 Å². The van der Waals surface area contributed by atoms with E-state index >= 15 is 0 Å². The molecule has 0 heterocycles. The Balaban J connectivity index is 2.03. The van der Waals surface area contributed by atoms with E-state index in [4.69, 9.17) is 5.11 Å². The average molecular weight is 266 g/mol. The number of carbonyl (C=O) groups is 1. The van der Waals surface area contributed by atoms with Crippen LogP contribution in [0.3, 0.4) is 0 Å². The fraction of sp³-hybridized carbons (Fsp3) is 0.278. The van der Waals surface area contributed by atoms with E-state index in [1.165, 1.54) is 22.3 Å². The highest BCUT2D eigenvalue weighted by Crippen LogP contribution is 2.30. The summed E-state index contributed by atoms with van der Waals surface area (Å²) >= 11 is 0. The molecule has 0 aliphatic heterocycles. The molecule has 0 radical (unpaired) electrons. The van der Waals surface area contributed by atoms with E-state index in [0.717, 1.165) is 31.3 Å². The molecule has 1 N–H and O–H groups in total. The molecule has 0 aromatic carbocycles. The van der Waals surface area contributed by atoms with Crippen LogP contribution in [0.15, 0.2) is 70.4 Å². The summed E-state index contributed by atoms with van der Waals surface area (Å²) in [5.74, 6) is -0.761. The molecule has 0 atom stereocenters. The quantitative estimate of drug-likeness (QED) is 0.811. The zero-order chi connectivity index (χ0) is 13.9. The highest BCUT2D eigenvalue weighted by Gasteiger charge is 2.14. The predicted molar refractivity (Wildman–Crippen MR) is 80.3 cm³/mol. The number of allylic oxidation sites excluding steroid dienone is 11. The fourth-order valence-electron chi connectivity index (χ4n) is 2.85. The normalized spacial score (nSPS) is 21.1. The number of carboxylic acid groups (broad SMARTS) is 1. The molecule has 2 heteroatoms. The van der Waals surface area contributed by atoms with Crippen LogP contribution in [-0.4, -0.2) is 11.1 Å². The molecule has 0 spiro atoms. The maximum Gasteiger partial charge on any atom is 0.307 e. The van der Waals surface area contributed by atoms with Gasteiger partial charge in [0.25, 0.3) is 0 Å². The molecule has 2 nitrogen and oxygen atoms in total. The second kappa shape index (κ2) is 5.49. The van der Waals surface area contributed by atoms with Gasteiger partial charge in [-0.1, -0.05) is 42.5 Å². The minimum Gasteiger partial charge on any atom is -0.481 e. The minimum absolute atomic E-state index is 0.110. The van der Waals surface area contributed by atoms with Crippen LogP contribution in [0.5, 0.6) is 0 Å². The van der Waals surface area contributed by atoms with Gasteiger partial charge in [-0.2, -0.15) is 0 Å². The fourth-order valence-corrected chi connectivity index (χ4v) is 2.85. The van der Waals surface area contributed by atoms with Gasteiger partial charge in [0.1, 0.15) is 0 Å². The Bertz CT molecular complexity index is 622. The summed E-state index contributed by atoms with van der Waals surface area (Å²) in [5, 5.41) is 9.06. The minimum atomic E-state index is -0.761. The predicted octanol–water partition coefficient (Wildman–Crippen LogP) is 4.25. The SMILES string of the molecule is O=C(O)CC1=C2C=CC3=CC=C(C=CC(=C1)CC2)CC3. The molecule has 4 bridgehead atoms. The first-order chi connectivity index (χ1) is 9.70. The summed E-state index contributed by atoms with van der Waals surface area (Å²) in [6, 6.07) is 0. The van der Waals surface area contributed by atoms with Gasteiger partial charge in [0.15, 0.2) is 0 Å². The lowest BCUT2D eigenvalue weighted by atomic mass is 9.87. The van der Waals surface area contributed by atoms with Gasteiger partial charge in [-0.3, -0.25) is 4.79 Å². The van der Waals surface area contributed by atoms with Gasteiger partial charge in [0.2, 0.25) is 0 Å². The Morgan fingerprint density at radius 2 is 1.50 bits per heavy atom. The second-order valence-electron chi connectivity index (χ2n) is 5.49. The molecule has 6 rings (SSSR count). The van der Waals surface area contributed by atoms with E-state index in [-0.39, 0.29) is 6.42 Å². The Morgan fingerprint density at radius 1 is 0.900 bits per heavy atom. The summed E-state index contributed by atoms with van der Waals surface area (Å²) in [4.78, 5) is 11.0. The van der Waals surface area contributed by atoms with E-state index in [9.17, 15) is 4.79 Å². The lowest BCUT2D eigenvalue weighted by molar-refractivity contribution is -0.136. The number of hydrogen-bond acceptors (Lipinski definition) is 1.